The van der Waals surface area contributed by atoms with Crippen LogP contribution in [-0.2, 0) is 11.3 Å². The van der Waals surface area contributed by atoms with Crippen molar-refractivity contribution in [2.75, 3.05) is 32.7 Å². The Bertz CT molecular complexity index is 703. The summed E-state index contributed by atoms with van der Waals surface area (Å²) in [4.78, 5) is 16.3. The fourth-order valence-electron chi connectivity index (χ4n) is 4.49. The monoisotopic (exact) mass is 378 g/mol. The predicted octanol–water partition coefficient (Wildman–Crippen LogP) is 3.53. The highest BCUT2D eigenvalue weighted by molar-refractivity contribution is 5.72. The summed E-state index contributed by atoms with van der Waals surface area (Å²) in [6, 6.07) is 3.51. The molecule has 148 valence electrons. The van der Waals surface area contributed by atoms with E-state index < -0.39 is 23.5 Å². The van der Waals surface area contributed by atoms with E-state index in [-0.39, 0.29) is 5.41 Å². The summed E-state index contributed by atoms with van der Waals surface area (Å²) >= 11 is 0. The highest BCUT2D eigenvalue weighted by Gasteiger charge is 2.51. The third kappa shape index (κ3) is 4.74. The molecule has 1 atom stereocenters. The van der Waals surface area contributed by atoms with Gasteiger partial charge in [0.05, 0.1) is 5.92 Å². The molecule has 1 unspecified atom stereocenters. The number of piperidine rings is 1. The summed E-state index contributed by atoms with van der Waals surface area (Å²) in [5.41, 5.74) is 1.59. The first-order valence-electron chi connectivity index (χ1n) is 9.53. The van der Waals surface area contributed by atoms with Gasteiger partial charge in [-0.3, -0.25) is 14.6 Å². The number of carboxylic acids is 1. The number of aliphatic carboxylic acids is 1. The molecule has 0 aliphatic carbocycles. The van der Waals surface area contributed by atoms with E-state index in [1.807, 2.05) is 4.90 Å². The molecule has 2 aliphatic heterocycles. The van der Waals surface area contributed by atoms with E-state index in [9.17, 15) is 18.7 Å². The smallest absolute Gasteiger partial charge is 0.308 e. The number of hydrogen-bond acceptors (Lipinski definition) is 3. The summed E-state index contributed by atoms with van der Waals surface area (Å²) in [7, 11) is 0. The van der Waals surface area contributed by atoms with Crippen molar-refractivity contribution in [1.29, 1.82) is 0 Å². The Labute approximate surface area is 159 Å². The number of likely N-dealkylation sites (tertiary alicyclic amines) is 2. The molecule has 27 heavy (non-hydrogen) atoms. The van der Waals surface area contributed by atoms with Crippen molar-refractivity contribution in [2.24, 2.45) is 11.3 Å². The molecule has 4 nitrogen and oxygen atoms in total. The SMILES string of the molecule is CC(C)=CCN1CCC2(CC1)CN(Cc1cc(F)cc(F)c1)CC2C(=O)O. The molecule has 2 heterocycles. The summed E-state index contributed by atoms with van der Waals surface area (Å²) in [5.74, 6) is -2.38. The van der Waals surface area contributed by atoms with E-state index in [1.54, 1.807) is 0 Å². The third-order valence-corrected chi connectivity index (χ3v) is 5.95. The van der Waals surface area contributed by atoms with Gasteiger partial charge in [-0.2, -0.15) is 0 Å². The maximum absolute atomic E-state index is 13.5. The molecule has 6 heteroatoms. The highest BCUT2D eigenvalue weighted by Crippen LogP contribution is 2.45. The Morgan fingerprint density at radius 3 is 2.37 bits per heavy atom. The normalized spacial score (nSPS) is 22.9. The zero-order valence-corrected chi connectivity index (χ0v) is 16.0. The summed E-state index contributed by atoms with van der Waals surface area (Å²) in [6.45, 7) is 8.31. The second-order valence-electron chi connectivity index (χ2n) is 8.28. The fourth-order valence-corrected chi connectivity index (χ4v) is 4.49. The third-order valence-electron chi connectivity index (χ3n) is 5.95. The number of nitrogens with zero attached hydrogens (tertiary/aromatic N) is 2. The van der Waals surface area contributed by atoms with Crippen molar-refractivity contribution in [2.45, 2.75) is 33.2 Å². The molecule has 2 aliphatic rings. The number of hydrogen-bond donors (Lipinski definition) is 1. The summed E-state index contributed by atoms with van der Waals surface area (Å²) in [6.07, 6.45) is 3.88. The molecule has 1 N–H and O–H groups in total. The van der Waals surface area contributed by atoms with Gasteiger partial charge in [0.15, 0.2) is 0 Å². The van der Waals surface area contributed by atoms with Crippen LogP contribution in [0.5, 0.6) is 0 Å². The van der Waals surface area contributed by atoms with Gasteiger partial charge in [-0.15, -0.1) is 0 Å². The first-order valence-corrected chi connectivity index (χ1v) is 9.53. The van der Waals surface area contributed by atoms with Crippen molar-refractivity contribution in [1.82, 2.24) is 9.80 Å². The number of halogens is 2. The molecular formula is C21H28F2N2O2. The Morgan fingerprint density at radius 2 is 1.81 bits per heavy atom. The highest BCUT2D eigenvalue weighted by atomic mass is 19.1. The average molecular weight is 378 g/mol. The van der Waals surface area contributed by atoms with Crippen LogP contribution in [0.1, 0.15) is 32.3 Å². The maximum atomic E-state index is 13.5. The van der Waals surface area contributed by atoms with Crippen molar-refractivity contribution in [3.05, 3.63) is 47.0 Å². The maximum Gasteiger partial charge on any atom is 0.308 e. The lowest BCUT2D eigenvalue weighted by molar-refractivity contribution is -0.145. The molecule has 1 spiro atoms. The molecule has 0 amide bonds. The van der Waals surface area contributed by atoms with Gasteiger partial charge in [0.25, 0.3) is 0 Å². The Morgan fingerprint density at radius 1 is 1.19 bits per heavy atom. The van der Waals surface area contributed by atoms with Gasteiger partial charge in [0, 0.05) is 37.7 Å². The zero-order chi connectivity index (χ0) is 19.6. The quantitative estimate of drug-likeness (QED) is 0.796. The van der Waals surface area contributed by atoms with Crippen LogP contribution >= 0.6 is 0 Å². The summed E-state index contributed by atoms with van der Waals surface area (Å²) in [5, 5.41) is 9.78. The van der Waals surface area contributed by atoms with Gasteiger partial charge in [-0.05, 0) is 57.5 Å². The van der Waals surface area contributed by atoms with Gasteiger partial charge in [-0.1, -0.05) is 11.6 Å². The Kier molecular flexibility index (Phi) is 5.96. The van der Waals surface area contributed by atoms with Crippen LogP contribution in [0, 0.1) is 23.0 Å². The minimum atomic E-state index is -0.763. The number of carbonyl (C=O) groups is 1. The van der Waals surface area contributed by atoms with Crippen LogP contribution in [0.3, 0.4) is 0 Å². The lowest BCUT2D eigenvalue weighted by Gasteiger charge is -2.41. The van der Waals surface area contributed by atoms with Crippen LogP contribution in [0.2, 0.25) is 0 Å². The van der Waals surface area contributed by atoms with Crippen molar-refractivity contribution in [3.8, 4) is 0 Å². The lowest BCUT2D eigenvalue weighted by atomic mass is 9.71. The largest absolute Gasteiger partial charge is 0.481 e. The van der Waals surface area contributed by atoms with Crippen LogP contribution in [0.15, 0.2) is 29.8 Å². The summed E-state index contributed by atoms with van der Waals surface area (Å²) < 4.78 is 26.9. The molecule has 0 aromatic heterocycles. The minimum Gasteiger partial charge on any atom is -0.481 e. The van der Waals surface area contributed by atoms with Crippen LogP contribution in [-0.4, -0.2) is 53.6 Å². The molecule has 0 bridgehead atoms. The molecule has 2 fully saturated rings. The molecule has 1 aromatic carbocycles. The molecule has 0 radical (unpaired) electrons. The predicted molar refractivity (Wildman–Crippen MR) is 100 cm³/mol. The number of allylic oxidation sites excluding steroid dienone is 1. The van der Waals surface area contributed by atoms with E-state index >= 15 is 0 Å². The molecule has 0 saturated carbocycles. The topological polar surface area (TPSA) is 43.8 Å². The fraction of sp³-hybridized carbons (Fsp3) is 0.571. The lowest BCUT2D eigenvalue weighted by Crippen LogP contribution is -2.46. The van der Waals surface area contributed by atoms with Crippen LogP contribution in [0.4, 0.5) is 8.78 Å². The zero-order valence-electron chi connectivity index (χ0n) is 16.0. The van der Waals surface area contributed by atoms with Gasteiger partial charge in [0.2, 0.25) is 0 Å². The first kappa shape index (κ1) is 20.0. The van der Waals surface area contributed by atoms with E-state index in [0.29, 0.717) is 25.2 Å². The standard InChI is InChI=1S/C21H28F2N2O2/c1-15(2)3-6-24-7-4-21(5-8-24)14-25(13-19(21)20(26)27)12-16-9-17(22)11-18(23)10-16/h3,9-11,19H,4-8,12-14H2,1-2H3,(H,26,27). The molecule has 1 aromatic rings. The van der Waals surface area contributed by atoms with E-state index in [0.717, 1.165) is 38.5 Å². The minimum absolute atomic E-state index is 0.251. The Hall–Kier alpha value is -1.79. The van der Waals surface area contributed by atoms with Crippen molar-refractivity contribution < 1.29 is 18.7 Å². The second-order valence-corrected chi connectivity index (χ2v) is 8.28. The number of benzene rings is 1. The molecule has 2 saturated heterocycles. The van der Waals surface area contributed by atoms with Gasteiger partial charge < -0.3 is 5.11 Å². The second kappa shape index (κ2) is 8.07. The van der Waals surface area contributed by atoms with Crippen molar-refractivity contribution >= 4 is 5.97 Å². The van der Waals surface area contributed by atoms with E-state index in [2.05, 4.69) is 24.8 Å². The molecular weight excluding hydrogens is 350 g/mol. The molecule has 3 rings (SSSR count). The number of rotatable bonds is 5. The van der Waals surface area contributed by atoms with E-state index in [4.69, 9.17) is 0 Å². The number of carboxylic acid groups (broad SMARTS) is 1. The average Bonchev–Trinajstić information content (AvgIpc) is 2.91. The van der Waals surface area contributed by atoms with Gasteiger partial charge in [0.1, 0.15) is 11.6 Å². The van der Waals surface area contributed by atoms with Crippen molar-refractivity contribution in [3.63, 3.8) is 0 Å². The van der Waals surface area contributed by atoms with Crippen LogP contribution in [0.25, 0.3) is 0 Å². The van der Waals surface area contributed by atoms with Gasteiger partial charge in [-0.25, -0.2) is 8.78 Å². The van der Waals surface area contributed by atoms with E-state index in [1.165, 1.54) is 17.7 Å². The van der Waals surface area contributed by atoms with Crippen LogP contribution < -0.4 is 0 Å². The first-order chi connectivity index (χ1) is 12.8. The Balaban J connectivity index is 1.68. The van der Waals surface area contributed by atoms with Gasteiger partial charge >= 0.3 is 5.97 Å².